The fraction of sp³-hybridized carbons (Fsp3) is 0.278. The second-order valence-electron chi connectivity index (χ2n) is 5.82. The van der Waals surface area contributed by atoms with Gasteiger partial charge in [0.25, 0.3) is 0 Å². The molecule has 24 heavy (non-hydrogen) atoms. The molecule has 0 radical (unpaired) electrons. The molecule has 0 aliphatic rings. The smallest absolute Gasteiger partial charge is 0.225 e. The van der Waals surface area contributed by atoms with Crippen molar-refractivity contribution in [2.24, 2.45) is 0 Å². The second kappa shape index (κ2) is 7.97. The number of sulfone groups is 1. The topological polar surface area (TPSA) is 66.5 Å². The zero-order valence-electron chi connectivity index (χ0n) is 13.9. The molecule has 0 spiro atoms. The molecule has 1 N–H and O–H groups in total. The highest BCUT2D eigenvalue weighted by atomic mass is 32.2. The van der Waals surface area contributed by atoms with E-state index >= 15 is 0 Å². The highest BCUT2D eigenvalue weighted by molar-refractivity contribution is 7.90. The van der Waals surface area contributed by atoms with Crippen molar-refractivity contribution in [2.75, 3.05) is 29.3 Å². The Balaban J connectivity index is 1.91. The van der Waals surface area contributed by atoms with Crippen LogP contribution in [0.3, 0.4) is 0 Å². The quantitative estimate of drug-likeness (QED) is 0.837. The van der Waals surface area contributed by atoms with Gasteiger partial charge in [-0.15, -0.1) is 0 Å². The predicted molar refractivity (Wildman–Crippen MR) is 97.9 cm³/mol. The Hall–Kier alpha value is -2.34. The maximum atomic E-state index is 11.7. The molecule has 1 amide bonds. The molecule has 0 heterocycles. The molecule has 5 nitrogen and oxygen atoms in total. The fourth-order valence-corrected chi connectivity index (χ4v) is 2.81. The van der Waals surface area contributed by atoms with Gasteiger partial charge in [0.1, 0.15) is 9.84 Å². The Morgan fingerprint density at radius 3 is 2.25 bits per heavy atom. The summed E-state index contributed by atoms with van der Waals surface area (Å²) in [6, 6.07) is 17.6. The largest absolute Gasteiger partial charge is 0.370 e. The molecule has 128 valence electrons. The van der Waals surface area contributed by atoms with Gasteiger partial charge in [-0.1, -0.05) is 30.3 Å². The number of rotatable bonds is 7. The highest BCUT2D eigenvalue weighted by Crippen LogP contribution is 2.19. The molecule has 0 saturated carbocycles. The summed E-state index contributed by atoms with van der Waals surface area (Å²) in [7, 11) is -1.12. The zero-order valence-corrected chi connectivity index (χ0v) is 14.7. The van der Waals surface area contributed by atoms with Gasteiger partial charge < -0.3 is 10.2 Å². The van der Waals surface area contributed by atoms with Crippen LogP contribution >= 0.6 is 0 Å². The SMILES string of the molecule is CN(Cc1ccccc1)c1ccc(NC(=O)CCS(C)(=O)=O)cc1. The summed E-state index contributed by atoms with van der Waals surface area (Å²) >= 11 is 0. The van der Waals surface area contributed by atoms with Crippen molar-refractivity contribution in [3.63, 3.8) is 0 Å². The first kappa shape index (κ1) is 18.0. The van der Waals surface area contributed by atoms with Gasteiger partial charge in [0, 0.05) is 37.6 Å². The van der Waals surface area contributed by atoms with Crippen LogP contribution in [0.25, 0.3) is 0 Å². The van der Waals surface area contributed by atoms with Crippen LogP contribution in [0, 0.1) is 0 Å². The molecule has 2 rings (SSSR count). The number of benzene rings is 2. The lowest BCUT2D eigenvalue weighted by atomic mass is 10.2. The van der Waals surface area contributed by atoms with Crippen LogP contribution in [0.15, 0.2) is 54.6 Å². The van der Waals surface area contributed by atoms with Crippen molar-refractivity contribution < 1.29 is 13.2 Å². The molecule has 6 heteroatoms. The Morgan fingerprint density at radius 1 is 1.04 bits per heavy atom. The van der Waals surface area contributed by atoms with Crippen molar-refractivity contribution >= 4 is 27.1 Å². The summed E-state index contributed by atoms with van der Waals surface area (Å²) in [5.74, 6) is -0.442. The molecule has 0 aliphatic carbocycles. The molecule has 2 aromatic carbocycles. The molecule has 0 bridgehead atoms. The van der Waals surface area contributed by atoms with Crippen molar-refractivity contribution in [3.05, 3.63) is 60.2 Å². The minimum Gasteiger partial charge on any atom is -0.370 e. The van der Waals surface area contributed by atoms with Gasteiger partial charge in [0.15, 0.2) is 0 Å². The van der Waals surface area contributed by atoms with Crippen molar-refractivity contribution in [1.82, 2.24) is 0 Å². The first-order chi connectivity index (χ1) is 11.3. The van der Waals surface area contributed by atoms with Crippen molar-refractivity contribution in [1.29, 1.82) is 0 Å². The summed E-state index contributed by atoms with van der Waals surface area (Å²) in [6.45, 7) is 0.793. The summed E-state index contributed by atoms with van der Waals surface area (Å²) in [4.78, 5) is 13.8. The van der Waals surface area contributed by atoms with E-state index in [1.807, 2.05) is 49.5 Å². The zero-order chi connectivity index (χ0) is 17.6. The second-order valence-corrected chi connectivity index (χ2v) is 8.08. The third-order valence-corrected chi connectivity index (χ3v) is 4.50. The lowest BCUT2D eigenvalue weighted by molar-refractivity contribution is -0.115. The van der Waals surface area contributed by atoms with Gasteiger partial charge in [0.2, 0.25) is 5.91 Å². The molecular formula is C18H22N2O3S. The van der Waals surface area contributed by atoms with Crippen LogP contribution < -0.4 is 10.2 Å². The van der Waals surface area contributed by atoms with Gasteiger partial charge in [-0.3, -0.25) is 4.79 Å². The summed E-state index contributed by atoms with van der Waals surface area (Å²) in [5.41, 5.74) is 2.91. The van der Waals surface area contributed by atoms with E-state index in [0.717, 1.165) is 18.5 Å². The number of amides is 1. The van der Waals surface area contributed by atoms with Crippen LogP contribution in [0.5, 0.6) is 0 Å². The van der Waals surface area contributed by atoms with Gasteiger partial charge in [-0.2, -0.15) is 0 Å². The minimum atomic E-state index is -3.13. The van der Waals surface area contributed by atoms with E-state index in [1.54, 1.807) is 0 Å². The van der Waals surface area contributed by atoms with Crippen LogP contribution in [0.1, 0.15) is 12.0 Å². The predicted octanol–water partition coefficient (Wildman–Crippen LogP) is 2.70. The highest BCUT2D eigenvalue weighted by Gasteiger charge is 2.08. The van der Waals surface area contributed by atoms with Crippen LogP contribution in [0.4, 0.5) is 11.4 Å². The van der Waals surface area contributed by atoms with E-state index < -0.39 is 9.84 Å². The van der Waals surface area contributed by atoms with Crippen LogP contribution in [0.2, 0.25) is 0 Å². The lowest BCUT2D eigenvalue weighted by Gasteiger charge is -2.19. The normalized spacial score (nSPS) is 11.1. The fourth-order valence-electron chi connectivity index (χ4n) is 2.25. The molecule has 0 aliphatic heterocycles. The standard InChI is InChI=1S/C18H22N2O3S/c1-20(14-15-6-4-3-5-7-15)17-10-8-16(9-11-17)19-18(21)12-13-24(2,22)23/h3-11H,12-14H2,1-2H3,(H,19,21). The van der Waals surface area contributed by atoms with Crippen LogP contribution in [-0.2, 0) is 21.2 Å². The van der Waals surface area contributed by atoms with Gasteiger partial charge >= 0.3 is 0 Å². The minimum absolute atomic E-state index is 0.0332. The number of hydrogen-bond acceptors (Lipinski definition) is 4. The third kappa shape index (κ3) is 6.04. The number of carbonyl (C=O) groups excluding carboxylic acids is 1. The number of nitrogens with one attached hydrogen (secondary N) is 1. The maximum absolute atomic E-state index is 11.7. The molecule has 0 unspecified atom stereocenters. The maximum Gasteiger partial charge on any atom is 0.225 e. The first-order valence-corrected chi connectivity index (χ1v) is 9.72. The number of carbonyl (C=O) groups is 1. The molecule has 0 aromatic heterocycles. The Bertz CT molecular complexity index is 772. The van der Waals surface area contributed by atoms with E-state index in [9.17, 15) is 13.2 Å². The number of anilines is 2. The van der Waals surface area contributed by atoms with Gasteiger partial charge in [-0.05, 0) is 29.8 Å². The number of hydrogen-bond donors (Lipinski definition) is 1. The Labute approximate surface area is 143 Å². The van der Waals surface area contributed by atoms with E-state index in [2.05, 4.69) is 22.3 Å². The molecule has 2 aromatic rings. The summed E-state index contributed by atoms with van der Waals surface area (Å²) in [6.07, 6.45) is 1.09. The number of nitrogens with zero attached hydrogens (tertiary/aromatic N) is 1. The molecule has 0 saturated heterocycles. The summed E-state index contributed by atoms with van der Waals surface area (Å²) < 4.78 is 22.1. The Kier molecular flexibility index (Phi) is 5.98. The van der Waals surface area contributed by atoms with Gasteiger partial charge in [0.05, 0.1) is 5.75 Å². The third-order valence-electron chi connectivity index (χ3n) is 3.55. The Morgan fingerprint density at radius 2 is 1.67 bits per heavy atom. The van der Waals surface area contributed by atoms with E-state index in [1.165, 1.54) is 5.56 Å². The lowest BCUT2D eigenvalue weighted by Crippen LogP contribution is -2.17. The molecule has 0 fully saturated rings. The van der Waals surface area contributed by atoms with E-state index in [0.29, 0.717) is 5.69 Å². The van der Waals surface area contributed by atoms with E-state index in [-0.39, 0.29) is 18.1 Å². The van der Waals surface area contributed by atoms with E-state index in [4.69, 9.17) is 0 Å². The van der Waals surface area contributed by atoms with Gasteiger partial charge in [-0.25, -0.2) is 8.42 Å². The van der Waals surface area contributed by atoms with Crippen LogP contribution in [-0.4, -0.2) is 33.4 Å². The van der Waals surface area contributed by atoms with Crippen molar-refractivity contribution in [2.45, 2.75) is 13.0 Å². The average Bonchev–Trinajstić information content (AvgIpc) is 2.54. The first-order valence-electron chi connectivity index (χ1n) is 7.66. The molecular weight excluding hydrogens is 324 g/mol. The average molecular weight is 346 g/mol. The monoisotopic (exact) mass is 346 g/mol. The molecule has 0 atom stereocenters. The van der Waals surface area contributed by atoms with Crippen molar-refractivity contribution in [3.8, 4) is 0 Å². The summed E-state index contributed by atoms with van der Waals surface area (Å²) in [5, 5.41) is 2.71.